The highest BCUT2D eigenvalue weighted by molar-refractivity contribution is 6.35. The monoisotopic (exact) mass is 333 g/mol. The molecule has 0 aromatic carbocycles. The topological polar surface area (TPSA) is 113 Å². The Bertz CT molecular complexity index is 617. The van der Waals surface area contributed by atoms with Gasteiger partial charge in [-0.1, -0.05) is 6.92 Å². The van der Waals surface area contributed by atoms with E-state index in [4.69, 9.17) is 5.73 Å². The zero-order chi connectivity index (χ0) is 18.1. The van der Waals surface area contributed by atoms with E-state index in [0.717, 1.165) is 12.8 Å². The standard InChI is InChI=1S/C16H28BN5O2/c1-8-5-6-9(7-10(8)23)19-14-11(13(18)24)12(17)20-15(21-14)22-16(2,3)4/h8-10,23H,5-7,17H2,1-4H3,(H2,18,24)(H2,19,20,21,22). The molecule has 24 heavy (non-hydrogen) atoms. The van der Waals surface area contributed by atoms with Gasteiger partial charge in [0.15, 0.2) is 7.85 Å². The number of aliphatic hydroxyl groups excluding tert-OH is 1. The average molecular weight is 333 g/mol. The predicted octanol–water partition coefficient (Wildman–Crippen LogP) is 0.00570. The summed E-state index contributed by atoms with van der Waals surface area (Å²) in [5.41, 5.74) is 6.16. The van der Waals surface area contributed by atoms with E-state index in [1.54, 1.807) is 7.85 Å². The number of nitrogens with two attached hydrogens (primary N) is 1. The Labute approximate surface area is 144 Å². The third kappa shape index (κ3) is 4.60. The number of aromatic nitrogens is 2. The average Bonchev–Trinajstić information content (AvgIpc) is 2.40. The molecule has 3 unspecified atom stereocenters. The molecule has 132 valence electrons. The van der Waals surface area contributed by atoms with Gasteiger partial charge in [0.1, 0.15) is 5.82 Å². The fourth-order valence-corrected chi connectivity index (χ4v) is 2.99. The zero-order valence-corrected chi connectivity index (χ0v) is 15.2. The molecule has 8 heteroatoms. The Morgan fingerprint density at radius 3 is 2.54 bits per heavy atom. The van der Waals surface area contributed by atoms with E-state index < -0.39 is 5.91 Å². The minimum Gasteiger partial charge on any atom is -0.393 e. The normalized spacial score (nSPS) is 24.5. The van der Waals surface area contributed by atoms with E-state index in [0.29, 0.717) is 35.3 Å². The lowest BCUT2D eigenvalue weighted by Crippen LogP contribution is -2.37. The number of hydrogen-bond donors (Lipinski definition) is 4. The summed E-state index contributed by atoms with van der Waals surface area (Å²) >= 11 is 0. The summed E-state index contributed by atoms with van der Waals surface area (Å²) in [5.74, 6) is 0.636. The molecular weight excluding hydrogens is 305 g/mol. The lowest BCUT2D eigenvalue weighted by atomic mass is 9.84. The first-order valence-corrected chi connectivity index (χ1v) is 8.48. The summed E-state index contributed by atoms with van der Waals surface area (Å²) in [4.78, 5) is 20.6. The molecule has 1 aliphatic rings. The van der Waals surface area contributed by atoms with Gasteiger partial charge >= 0.3 is 0 Å². The Morgan fingerprint density at radius 2 is 2.00 bits per heavy atom. The Balaban J connectivity index is 2.30. The molecular formula is C16H28BN5O2. The van der Waals surface area contributed by atoms with Crippen molar-refractivity contribution in [1.82, 2.24) is 9.97 Å². The van der Waals surface area contributed by atoms with Crippen molar-refractivity contribution in [3.63, 3.8) is 0 Å². The molecule has 1 amide bonds. The second-order valence-electron chi connectivity index (χ2n) is 7.79. The highest BCUT2D eigenvalue weighted by Crippen LogP contribution is 2.27. The van der Waals surface area contributed by atoms with E-state index in [2.05, 4.69) is 27.5 Å². The molecule has 2 rings (SSSR count). The molecule has 0 saturated heterocycles. The summed E-state index contributed by atoms with van der Waals surface area (Å²) in [6.45, 7) is 8.09. The van der Waals surface area contributed by atoms with Crippen molar-refractivity contribution in [1.29, 1.82) is 0 Å². The van der Waals surface area contributed by atoms with Crippen LogP contribution in [0.1, 0.15) is 57.3 Å². The third-order valence-corrected chi connectivity index (χ3v) is 4.32. The number of amides is 1. The molecule has 1 saturated carbocycles. The molecule has 1 aromatic rings. The first-order chi connectivity index (χ1) is 11.1. The third-order valence-electron chi connectivity index (χ3n) is 4.32. The summed E-state index contributed by atoms with van der Waals surface area (Å²) in [6.07, 6.45) is 2.14. The SMILES string of the molecule is Bc1nc(NC(C)(C)C)nc(NC2CCC(C)C(O)C2)c1C(N)=O. The molecule has 1 heterocycles. The summed E-state index contributed by atoms with van der Waals surface area (Å²) < 4.78 is 0. The maximum absolute atomic E-state index is 11.8. The second kappa shape index (κ2) is 6.97. The smallest absolute Gasteiger partial charge is 0.253 e. The van der Waals surface area contributed by atoms with Crippen molar-refractivity contribution in [3.8, 4) is 0 Å². The highest BCUT2D eigenvalue weighted by atomic mass is 16.3. The van der Waals surface area contributed by atoms with Crippen molar-refractivity contribution >= 4 is 31.1 Å². The van der Waals surface area contributed by atoms with Gasteiger partial charge in [-0.25, -0.2) is 4.98 Å². The van der Waals surface area contributed by atoms with Crippen LogP contribution in [-0.4, -0.2) is 46.5 Å². The lowest BCUT2D eigenvalue weighted by Gasteiger charge is -2.32. The summed E-state index contributed by atoms with van der Waals surface area (Å²) in [6, 6.07) is 0.0612. The molecule has 0 radical (unpaired) electrons. The van der Waals surface area contributed by atoms with Crippen LogP contribution in [0.25, 0.3) is 0 Å². The van der Waals surface area contributed by atoms with Gasteiger partial charge in [0.05, 0.1) is 11.7 Å². The first-order valence-electron chi connectivity index (χ1n) is 8.48. The number of aliphatic hydroxyl groups is 1. The number of carbonyl (C=O) groups is 1. The minimum absolute atomic E-state index is 0.0612. The van der Waals surface area contributed by atoms with Crippen molar-refractivity contribution in [2.24, 2.45) is 11.7 Å². The van der Waals surface area contributed by atoms with Crippen molar-refractivity contribution in [2.45, 2.75) is 64.6 Å². The summed E-state index contributed by atoms with van der Waals surface area (Å²) in [5, 5.41) is 16.6. The quantitative estimate of drug-likeness (QED) is 0.577. The van der Waals surface area contributed by atoms with Crippen LogP contribution in [0.4, 0.5) is 11.8 Å². The number of nitrogens with zero attached hydrogens (tertiary/aromatic N) is 2. The van der Waals surface area contributed by atoms with Crippen LogP contribution in [0.3, 0.4) is 0 Å². The first kappa shape index (κ1) is 18.5. The largest absolute Gasteiger partial charge is 0.393 e. The van der Waals surface area contributed by atoms with E-state index in [-0.39, 0.29) is 17.7 Å². The Morgan fingerprint density at radius 1 is 1.33 bits per heavy atom. The molecule has 7 nitrogen and oxygen atoms in total. The van der Waals surface area contributed by atoms with E-state index in [1.165, 1.54) is 0 Å². The Hall–Kier alpha value is -1.83. The fraction of sp³-hybridized carbons (Fsp3) is 0.688. The lowest BCUT2D eigenvalue weighted by molar-refractivity contribution is 0.0739. The van der Waals surface area contributed by atoms with E-state index >= 15 is 0 Å². The molecule has 1 aliphatic carbocycles. The van der Waals surface area contributed by atoms with Gasteiger partial charge in [0.25, 0.3) is 5.91 Å². The van der Waals surface area contributed by atoms with Crippen molar-refractivity contribution in [3.05, 3.63) is 5.56 Å². The second-order valence-corrected chi connectivity index (χ2v) is 7.79. The fourth-order valence-electron chi connectivity index (χ4n) is 2.99. The van der Waals surface area contributed by atoms with Crippen LogP contribution >= 0.6 is 0 Å². The van der Waals surface area contributed by atoms with Gasteiger partial charge in [0, 0.05) is 17.2 Å². The van der Waals surface area contributed by atoms with Gasteiger partial charge < -0.3 is 21.5 Å². The van der Waals surface area contributed by atoms with Crippen LogP contribution in [0, 0.1) is 5.92 Å². The predicted molar refractivity (Wildman–Crippen MR) is 98.5 cm³/mol. The van der Waals surface area contributed by atoms with Gasteiger partial charge in [-0.15, -0.1) is 0 Å². The maximum Gasteiger partial charge on any atom is 0.253 e. The van der Waals surface area contributed by atoms with Crippen molar-refractivity contribution < 1.29 is 9.90 Å². The number of carbonyl (C=O) groups excluding carboxylic acids is 1. The Kier molecular flexibility index (Phi) is 5.37. The molecule has 1 aromatic heterocycles. The molecule has 0 aliphatic heterocycles. The number of rotatable bonds is 4. The van der Waals surface area contributed by atoms with Crippen LogP contribution in [0.2, 0.25) is 0 Å². The highest BCUT2D eigenvalue weighted by Gasteiger charge is 2.28. The van der Waals surface area contributed by atoms with E-state index in [9.17, 15) is 9.90 Å². The van der Waals surface area contributed by atoms with E-state index in [1.807, 2.05) is 20.8 Å². The van der Waals surface area contributed by atoms with Gasteiger partial charge in [0.2, 0.25) is 5.95 Å². The number of anilines is 2. The minimum atomic E-state index is -0.554. The molecule has 3 atom stereocenters. The zero-order valence-electron chi connectivity index (χ0n) is 15.2. The molecule has 0 spiro atoms. The van der Waals surface area contributed by atoms with Gasteiger partial charge in [-0.2, -0.15) is 4.98 Å². The van der Waals surface area contributed by atoms with Gasteiger partial charge in [-0.05, 0) is 46.0 Å². The van der Waals surface area contributed by atoms with Gasteiger partial charge in [-0.3, -0.25) is 4.79 Å². The van der Waals surface area contributed by atoms with Crippen LogP contribution in [0.15, 0.2) is 0 Å². The molecule has 5 N–H and O–H groups in total. The number of nitrogens with one attached hydrogen (secondary N) is 2. The van der Waals surface area contributed by atoms with Crippen LogP contribution in [0.5, 0.6) is 0 Å². The van der Waals surface area contributed by atoms with Crippen LogP contribution < -0.4 is 22.0 Å². The molecule has 0 bridgehead atoms. The van der Waals surface area contributed by atoms with Crippen molar-refractivity contribution in [2.75, 3.05) is 10.6 Å². The maximum atomic E-state index is 11.8. The molecule has 1 fully saturated rings. The van der Waals surface area contributed by atoms with Crippen LogP contribution in [-0.2, 0) is 0 Å². The number of hydrogen-bond acceptors (Lipinski definition) is 6. The number of primary amides is 1. The summed E-state index contributed by atoms with van der Waals surface area (Å²) in [7, 11) is 1.75.